The Morgan fingerprint density at radius 2 is 1.96 bits per heavy atom. The van der Waals surface area contributed by atoms with Gasteiger partial charge in [-0.25, -0.2) is 4.57 Å². The van der Waals surface area contributed by atoms with E-state index in [-0.39, 0.29) is 23.3 Å². The second-order valence-electron chi connectivity index (χ2n) is 5.83. The van der Waals surface area contributed by atoms with Crippen LogP contribution in [0.5, 0.6) is 5.75 Å². The fraction of sp³-hybridized carbons (Fsp3) is 0.263. The number of aromatic nitrogens is 1. The number of fused-ring (bicyclic) bond motifs is 1. The average Bonchev–Trinajstić information content (AvgIpc) is 3.13. The molecule has 7 heteroatoms. The van der Waals surface area contributed by atoms with Gasteiger partial charge in [0.25, 0.3) is 0 Å². The maximum atomic E-state index is 12.5. The largest absolute Gasteiger partial charge is 0.527 e. The second-order valence-corrected chi connectivity index (χ2v) is 7.21. The molecule has 6 nitrogen and oxygen atoms in total. The van der Waals surface area contributed by atoms with E-state index in [9.17, 15) is 9.46 Å². The molecule has 0 amide bonds. The molecular formula is C19H23N2O4P. The number of hydrogen-bond donors (Lipinski definition) is 2. The number of aromatic amines is 1. The molecule has 0 spiro atoms. The number of nitrogens with zero attached hydrogens (tertiary/aromatic N) is 1. The highest BCUT2D eigenvalue weighted by Gasteiger charge is 2.25. The van der Waals surface area contributed by atoms with Gasteiger partial charge in [0.1, 0.15) is 5.75 Å². The first-order valence-electron chi connectivity index (χ1n) is 9.94. The molecule has 0 fully saturated rings. The quantitative estimate of drug-likeness (QED) is 0.580. The molecule has 0 saturated heterocycles. The Morgan fingerprint density at radius 1 is 1.19 bits per heavy atom. The predicted molar refractivity (Wildman–Crippen MR) is 102 cm³/mol. The number of phosphoric acid groups is 1. The van der Waals surface area contributed by atoms with Crippen LogP contribution in [-0.4, -0.2) is 35.4 Å². The van der Waals surface area contributed by atoms with Gasteiger partial charge in [0.15, 0.2) is 0 Å². The topological polar surface area (TPSA) is 74.8 Å². The van der Waals surface area contributed by atoms with Crippen LogP contribution >= 0.6 is 7.82 Å². The summed E-state index contributed by atoms with van der Waals surface area (Å²) in [6.45, 7) is -2.50. The lowest BCUT2D eigenvalue weighted by atomic mass is 10.1. The van der Waals surface area contributed by atoms with Crippen LogP contribution in [-0.2, 0) is 22.1 Å². The minimum absolute atomic E-state index is 0.0325. The number of H-pyrrole nitrogens is 1. The summed E-state index contributed by atoms with van der Waals surface area (Å²) < 4.78 is 56.1. The van der Waals surface area contributed by atoms with Crippen LogP contribution in [0.25, 0.3) is 10.9 Å². The third-order valence-corrected chi connectivity index (χ3v) is 4.42. The number of nitrogens with one attached hydrogen (secondary N) is 1. The Labute approximate surface area is 158 Å². The van der Waals surface area contributed by atoms with Gasteiger partial charge in [-0.1, -0.05) is 36.4 Å². The van der Waals surface area contributed by atoms with Gasteiger partial charge in [-0.3, -0.25) is 9.42 Å². The minimum Gasteiger partial charge on any atom is -0.403 e. The molecule has 0 radical (unpaired) electrons. The van der Waals surface area contributed by atoms with E-state index >= 15 is 0 Å². The van der Waals surface area contributed by atoms with Crippen molar-refractivity contribution in [1.29, 1.82) is 0 Å². The average molecular weight is 378 g/mol. The maximum absolute atomic E-state index is 12.5. The summed E-state index contributed by atoms with van der Waals surface area (Å²) >= 11 is 0. The molecule has 0 aliphatic heterocycles. The Balaban J connectivity index is 1.95. The van der Waals surface area contributed by atoms with Crippen LogP contribution in [0.1, 0.15) is 16.6 Å². The van der Waals surface area contributed by atoms with Crippen molar-refractivity contribution in [3.63, 3.8) is 0 Å². The van der Waals surface area contributed by atoms with Gasteiger partial charge in [0, 0.05) is 29.1 Å². The molecule has 0 aliphatic rings. The Hall–Kier alpha value is -2.11. The fourth-order valence-corrected chi connectivity index (χ4v) is 3.14. The molecule has 138 valence electrons. The van der Waals surface area contributed by atoms with Crippen molar-refractivity contribution in [2.45, 2.75) is 13.0 Å². The molecule has 1 heterocycles. The first kappa shape index (κ1) is 14.0. The van der Waals surface area contributed by atoms with E-state index in [0.717, 1.165) is 4.90 Å². The van der Waals surface area contributed by atoms with E-state index in [0.29, 0.717) is 11.1 Å². The maximum Gasteiger partial charge on any atom is 0.527 e. The molecular weight excluding hydrogens is 351 g/mol. The number of benzene rings is 2. The highest BCUT2D eigenvalue weighted by Crippen LogP contribution is 2.47. The molecule has 1 aromatic heterocycles. The van der Waals surface area contributed by atoms with Gasteiger partial charge in [-0.05, 0) is 43.7 Å². The zero-order chi connectivity index (χ0) is 22.2. The van der Waals surface area contributed by atoms with Crippen LogP contribution in [0.3, 0.4) is 0 Å². The first-order valence-corrected chi connectivity index (χ1v) is 9.44. The summed E-state index contributed by atoms with van der Waals surface area (Å²) in [5, 5.41) is 0.172. The lowest BCUT2D eigenvalue weighted by Crippen LogP contribution is -2.14. The number of rotatable bonds is 8. The second kappa shape index (κ2) is 8.06. The lowest BCUT2D eigenvalue weighted by Gasteiger charge is -2.15. The highest BCUT2D eigenvalue weighted by atomic mass is 31.2. The molecule has 3 aromatic rings. The Kier molecular flexibility index (Phi) is 4.34. The number of hydrogen-bond acceptors (Lipinski definition) is 4. The van der Waals surface area contributed by atoms with Crippen molar-refractivity contribution in [2.24, 2.45) is 0 Å². The molecule has 1 atom stereocenters. The zero-order valence-corrected chi connectivity index (χ0v) is 15.4. The number of likely N-dealkylation sites (N-methyl/N-ethyl adjacent to an activating group) is 1. The van der Waals surface area contributed by atoms with Crippen LogP contribution in [0.4, 0.5) is 0 Å². The monoisotopic (exact) mass is 378 g/mol. The number of phosphoric ester groups is 1. The van der Waals surface area contributed by atoms with Gasteiger partial charge in [0.2, 0.25) is 0 Å². The molecule has 0 saturated carbocycles. The van der Waals surface area contributed by atoms with Crippen LogP contribution in [0.2, 0.25) is 0 Å². The highest BCUT2D eigenvalue weighted by molar-refractivity contribution is 7.47. The Bertz CT molecular complexity index is 1070. The SMILES string of the molecule is [2H]C([2H])(c1c[nH]c2cccc(OP(=O)(O)OCc3ccccc3)c12)C([2H])([2H])N(C)C. The summed E-state index contributed by atoms with van der Waals surface area (Å²) in [7, 11) is -1.66. The van der Waals surface area contributed by atoms with Crippen molar-refractivity contribution in [3.8, 4) is 5.75 Å². The van der Waals surface area contributed by atoms with E-state index in [1.165, 1.54) is 26.4 Å². The normalized spacial score (nSPS) is 17.2. The summed E-state index contributed by atoms with van der Waals surface area (Å²) in [4.78, 5) is 14.2. The molecule has 1 unspecified atom stereocenters. The fourth-order valence-electron chi connectivity index (χ4n) is 2.38. The minimum atomic E-state index is -4.53. The summed E-state index contributed by atoms with van der Waals surface area (Å²) in [5.74, 6) is -0.0823. The molecule has 2 aromatic carbocycles. The van der Waals surface area contributed by atoms with E-state index in [1.54, 1.807) is 36.4 Å². The lowest BCUT2D eigenvalue weighted by molar-refractivity contribution is 0.196. The van der Waals surface area contributed by atoms with Crippen LogP contribution < -0.4 is 4.52 Å². The van der Waals surface area contributed by atoms with Crippen molar-refractivity contribution >= 4 is 18.7 Å². The molecule has 0 aliphatic carbocycles. The Morgan fingerprint density at radius 3 is 2.69 bits per heavy atom. The molecule has 0 bridgehead atoms. The van der Waals surface area contributed by atoms with Crippen molar-refractivity contribution in [1.82, 2.24) is 9.88 Å². The smallest absolute Gasteiger partial charge is 0.403 e. The van der Waals surface area contributed by atoms with Crippen molar-refractivity contribution < 1.29 is 24.0 Å². The van der Waals surface area contributed by atoms with Gasteiger partial charge >= 0.3 is 7.82 Å². The van der Waals surface area contributed by atoms with Crippen LogP contribution in [0.15, 0.2) is 54.7 Å². The van der Waals surface area contributed by atoms with E-state index in [4.69, 9.17) is 14.5 Å². The standard InChI is InChI=1S/C19H23N2O4P/c1-21(2)12-11-16-13-20-17-9-6-10-18(19(16)17)25-26(22,23)24-14-15-7-4-3-5-8-15/h3-10,13,20H,11-12,14H2,1-2H3,(H,22,23)/i11D2,12D2. The zero-order valence-electron chi connectivity index (χ0n) is 18.5. The third-order valence-electron chi connectivity index (χ3n) is 3.53. The predicted octanol–water partition coefficient (Wildman–Crippen LogP) is 3.97. The first-order chi connectivity index (χ1) is 14.0. The molecule has 26 heavy (non-hydrogen) atoms. The van der Waals surface area contributed by atoms with Crippen molar-refractivity contribution in [2.75, 3.05) is 20.6 Å². The summed E-state index contributed by atoms with van der Waals surface area (Å²) in [6.07, 6.45) is -1.12. The molecule has 3 rings (SSSR count). The number of aryl methyl sites for hydroxylation is 1. The molecule has 2 N–H and O–H groups in total. The van der Waals surface area contributed by atoms with Crippen LogP contribution in [0, 0.1) is 0 Å². The summed E-state index contributed by atoms with van der Waals surface area (Å²) in [6, 6.07) is 13.5. The van der Waals surface area contributed by atoms with E-state index in [2.05, 4.69) is 4.98 Å². The van der Waals surface area contributed by atoms with Crippen molar-refractivity contribution in [3.05, 3.63) is 65.9 Å². The van der Waals surface area contributed by atoms with E-state index in [1.807, 2.05) is 6.07 Å². The van der Waals surface area contributed by atoms with Gasteiger partial charge < -0.3 is 14.4 Å². The van der Waals surface area contributed by atoms with Gasteiger partial charge in [-0.15, -0.1) is 0 Å². The van der Waals surface area contributed by atoms with Gasteiger partial charge in [-0.2, -0.15) is 0 Å². The third kappa shape index (κ3) is 4.74. The summed E-state index contributed by atoms with van der Waals surface area (Å²) in [5.41, 5.74) is 1.09. The van der Waals surface area contributed by atoms with E-state index < -0.39 is 20.7 Å². The van der Waals surface area contributed by atoms with Gasteiger partial charge in [0.05, 0.1) is 6.61 Å².